The molecule has 4 heteroatoms. The number of esters is 2. The Bertz CT molecular complexity index is 413. The second-order valence-electron chi connectivity index (χ2n) is 4.16. The van der Waals surface area contributed by atoms with E-state index < -0.39 is 0 Å². The first-order valence-electron chi connectivity index (χ1n) is 5.59. The third-order valence-electron chi connectivity index (χ3n) is 2.71. The highest BCUT2D eigenvalue weighted by Gasteiger charge is 2.31. The van der Waals surface area contributed by atoms with Gasteiger partial charge in [0.1, 0.15) is 12.7 Å². The molecule has 0 aliphatic carbocycles. The van der Waals surface area contributed by atoms with Crippen LogP contribution < -0.4 is 0 Å². The average molecular weight is 234 g/mol. The first-order valence-corrected chi connectivity index (χ1v) is 5.59. The number of ether oxygens (including phenoxy) is 2. The summed E-state index contributed by atoms with van der Waals surface area (Å²) in [5.41, 5.74) is 0.505. The van der Waals surface area contributed by atoms with E-state index in [9.17, 15) is 9.59 Å². The third-order valence-corrected chi connectivity index (χ3v) is 2.71. The monoisotopic (exact) mass is 234 g/mol. The van der Waals surface area contributed by atoms with Gasteiger partial charge in [-0.15, -0.1) is 0 Å². The molecule has 0 spiro atoms. The van der Waals surface area contributed by atoms with Crippen LogP contribution in [0.15, 0.2) is 30.3 Å². The van der Waals surface area contributed by atoms with Crippen molar-refractivity contribution in [2.24, 2.45) is 5.92 Å². The minimum atomic E-state index is -0.388. The standard InChI is InChI=1S/C13H14O4/c1-9-7-11(17-12(9)14)8-16-13(15)10-5-3-2-4-6-10/h2-6,9,11H,7-8H2,1H3/t9-,11-/m0/s1. The minimum absolute atomic E-state index is 0.101. The lowest BCUT2D eigenvalue weighted by atomic mass is 10.1. The van der Waals surface area contributed by atoms with E-state index in [0.29, 0.717) is 12.0 Å². The van der Waals surface area contributed by atoms with Crippen molar-refractivity contribution >= 4 is 11.9 Å². The predicted molar refractivity (Wildman–Crippen MR) is 60.4 cm³/mol. The van der Waals surface area contributed by atoms with Gasteiger partial charge in [-0.2, -0.15) is 0 Å². The van der Waals surface area contributed by atoms with Crippen molar-refractivity contribution in [1.29, 1.82) is 0 Å². The highest BCUT2D eigenvalue weighted by Crippen LogP contribution is 2.20. The van der Waals surface area contributed by atoms with Crippen molar-refractivity contribution in [2.75, 3.05) is 6.61 Å². The summed E-state index contributed by atoms with van der Waals surface area (Å²) < 4.78 is 10.1. The molecule has 1 aliphatic heterocycles. The normalized spacial score (nSPS) is 23.2. The summed E-state index contributed by atoms with van der Waals surface area (Å²) in [5, 5.41) is 0. The Kier molecular flexibility index (Phi) is 3.42. The maximum absolute atomic E-state index is 11.6. The number of benzene rings is 1. The van der Waals surface area contributed by atoms with Crippen LogP contribution in [-0.2, 0) is 14.3 Å². The van der Waals surface area contributed by atoms with E-state index in [4.69, 9.17) is 9.47 Å². The number of carbonyl (C=O) groups is 2. The van der Waals surface area contributed by atoms with Gasteiger partial charge in [0.2, 0.25) is 0 Å². The summed E-state index contributed by atoms with van der Waals surface area (Å²) in [6.07, 6.45) is 0.311. The van der Waals surface area contributed by atoms with E-state index >= 15 is 0 Å². The van der Waals surface area contributed by atoms with Gasteiger partial charge < -0.3 is 9.47 Å². The minimum Gasteiger partial charge on any atom is -0.458 e. The Labute approximate surface area is 99.5 Å². The van der Waals surface area contributed by atoms with Crippen LogP contribution in [0.25, 0.3) is 0 Å². The molecule has 0 amide bonds. The van der Waals surface area contributed by atoms with Gasteiger partial charge in [-0.3, -0.25) is 4.79 Å². The molecular weight excluding hydrogens is 220 g/mol. The third kappa shape index (κ3) is 2.84. The lowest BCUT2D eigenvalue weighted by molar-refractivity contribution is -0.145. The van der Waals surface area contributed by atoms with Crippen LogP contribution in [0.2, 0.25) is 0 Å². The van der Waals surface area contributed by atoms with Crippen molar-refractivity contribution in [3.05, 3.63) is 35.9 Å². The highest BCUT2D eigenvalue weighted by molar-refractivity contribution is 5.89. The van der Waals surface area contributed by atoms with E-state index in [0.717, 1.165) is 0 Å². The van der Waals surface area contributed by atoms with Gasteiger partial charge in [-0.25, -0.2) is 4.79 Å². The zero-order valence-electron chi connectivity index (χ0n) is 9.59. The van der Waals surface area contributed by atoms with E-state index in [1.54, 1.807) is 31.2 Å². The van der Waals surface area contributed by atoms with Gasteiger partial charge >= 0.3 is 11.9 Å². The molecule has 90 valence electrons. The Morgan fingerprint density at radius 1 is 1.41 bits per heavy atom. The van der Waals surface area contributed by atoms with Crippen molar-refractivity contribution in [3.63, 3.8) is 0 Å². The van der Waals surface area contributed by atoms with Gasteiger partial charge in [0.25, 0.3) is 0 Å². The number of rotatable bonds is 3. The molecule has 17 heavy (non-hydrogen) atoms. The summed E-state index contributed by atoms with van der Waals surface area (Å²) in [6, 6.07) is 8.75. The fraction of sp³-hybridized carbons (Fsp3) is 0.385. The van der Waals surface area contributed by atoms with E-state index in [-0.39, 0.29) is 30.6 Å². The SMILES string of the molecule is C[C@H]1C[C@@H](COC(=O)c2ccccc2)OC1=O. The Hall–Kier alpha value is -1.84. The Morgan fingerprint density at radius 2 is 2.12 bits per heavy atom. The second-order valence-corrected chi connectivity index (χ2v) is 4.16. The van der Waals surface area contributed by atoms with Gasteiger partial charge in [0.05, 0.1) is 11.5 Å². The zero-order chi connectivity index (χ0) is 12.3. The summed E-state index contributed by atoms with van der Waals surface area (Å²) in [4.78, 5) is 22.7. The smallest absolute Gasteiger partial charge is 0.338 e. The van der Waals surface area contributed by atoms with Crippen molar-refractivity contribution in [1.82, 2.24) is 0 Å². The maximum atomic E-state index is 11.6. The molecule has 0 N–H and O–H groups in total. The number of cyclic esters (lactones) is 1. The largest absolute Gasteiger partial charge is 0.458 e. The van der Waals surface area contributed by atoms with Crippen LogP contribution in [0, 0.1) is 5.92 Å². The molecule has 1 aromatic carbocycles. The molecule has 1 fully saturated rings. The average Bonchev–Trinajstić information content (AvgIpc) is 2.67. The van der Waals surface area contributed by atoms with Crippen LogP contribution >= 0.6 is 0 Å². The molecule has 0 unspecified atom stereocenters. The topological polar surface area (TPSA) is 52.6 Å². The van der Waals surface area contributed by atoms with Gasteiger partial charge in [-0.05, 0) is 12.1 Å². The van der Waals surface area contributed by atoms with Crippen LogP contribution in [0.5, 0.6) is 0 Å². The van der Waals surface area contributed by atoms with Crippen molar-refractivity contribution in [2.45, 2.75) is 19.4 Å². The van der Waals surface area contributed by atoms with Gasteiger partial charge in [-0.1, -0.05) is 25.1 Å². The molecule has 1 saturated heterocycles. The van der Waals surface area contributed by atoms with Crippen molar-refractivity contribution in [3.8, 4) is 0 Å². The first-order chi connectivity index (χ1) is 8.16. The van der Waals surface area contributed by atoms with Crippen molar-refractivity contribution < 1.29 is 19.1 Å². The number of hydrogen-bond donors (Lipinski definition) is 0. The molecule has 1 heterocycles. The lowest BCUT2D eigenvalue weighted by Crippen LogP contribution is -2.18. The lowest BCUT2D eigenvalue weighted by Gasteiger charge is -2.09. The fourth-order valence-corrected chi connectivity index (χ4v) is 1.75. The molecule has 0 radical (unpaired) electrons. The molecular formula is C13H14O4. The van der Waals surface area contributed by atoms with Crippen LogP contribution in [0.4, 0.5) is 0 Å². The quantitative estimate of drug-likeness (QED) is 0.748. The Morgan fingerprint density at radius 3 is 2.71 bits per heavy atom. The fourth-order valence-electron chi connectivity index (χ4n) is 1.75. The molecule has 2 atom stereocenters. The molecule has 1 aliphatic rings. The first kappa shape index (κ1) is 11.6. The van der Waals surface area contributed by atoms with E-state index in [2.05, 4.69) is 0 Å². The number of hydrogen-bond acceptors (Lipinski definition) is 4. The summed E-state index contributed by atoms with van der Waals surface area (Å²) in [7, 11) is 0. The molecule has 0 aromatic heterocycles. The van der Waals surface area contributed by atoms with E-state index in [1.807, 2.05) is 6.07 Å². The maximum Gasteiger partial charge on any atom is 0.338 e. The summed E-state index contributed by atoms with van der Waals surface area (Å²) in [6.45, 7) is 1.94. The van der Waals surface area contributed by atoms with E-state index in [1.165, 1.54) is 0 Å². The Balaban J connectivity index is 1.83. The van der Waals surface area contributed by atoms with Crippen LogP contribution in [0.3, 0.4) is 0 Å². The zero-order valence-corrected chi connectivity index (χ0v) is 9.59. The van der Waals surface area contributed by atoms with Gasteiger partial charge in [0.15, 0.2) is 0 Å². The van der Waals surface area contributed by atoms with Crippen LogP contribution in [-0.4, -0.2) is 24.6 Å². The predicted octanol–water partition coefficient (Wildman–Crippen LogP) is 1.79. The molecule has 0 saturated carbocycles. The summed E-state index contributed by atoms with van der Waals surface area (Å²) >= 11 is 0. The second kappa shape index (κ2) is 4.99. The molecule has 2 rings (SSSR count). The molecule has 0 bridgehead atoms. The summed E-state index contributed by atoms with van der Waals surface area (Å²) in [5.74, 6) is -0.706. The molecule has 1 aromatic rings. The van der Waals surface area contributed by atoms with Crippen LogP contribution in [0.1, 0.15) is 23.7 Å². The van der Waals surface area contributed by atoms with Gasteiger partial charge in [0, 0.05) is 6.42 Å². The highest BCUT2D eigenvalue weighted by atomic mass is 16.6. The molecule has 4 nitrogen and oxygen atoms in total. The number of carbonyl (C=O) groups excluding carboxylic acids is 2.